The van der Waals surface area contributed by atoms with Gasteiger partial charge in [0.15, 0.2) is 7.37 Å². The number of amides is 1. The summed E-state index contributed by atoms with van der Waals surface area (Å²) < 4.78 is 15.5. The molecule has 2 unspecified atom stereocenters. The van der Waals surface area contributed by atoms with Gasteiger partial charge < -0.3 is 20.1 Å². The summed E-state index contributed by atoms with van der Waals surface area (Å²) >= 11 is 0. The van der Waals surface area contributed by atoms with E-state index in [0.717, 1.165) is 6.66 Å². The third-order valence-corrected chi connectivity index (χ3v) is 2.49. The second kappa shape index (κ2) is 6.30. The molecular formula is C8H14NO6P. The van der Waals surface area contributed by atoms with Crippen molar-refractivity contribution in [2.45, 2.75) is 6.04 Å². The minimum Gasteiger partial charge on any atom is -0.480 e. The van der Waals surface area contributed by atoms with E-state index in [1.807, 2.05) is 5.32 Å². The van der Waals surface area contributed by atoms with E-state index < -0.39 is 31.6 Å². The maximum atomic E-state index is 11.0. The van der Waals surface area contributed by atoms with Gasteiger partial charge in [0.1, 0.15) is 12.6 Å². The summed E-state index contributed by atoms with van der Waals surface area (Å²) in [7, 11) is -3.53. The van der Waals surface area contributed by atoms with Gasteiger partial charge in [-0.1, -0.05) is 12.7 Å². The smallest absolute Gasteiger partial charge is 0.408 e. The number of rotatable bonds is 6. The average Bonchev–Trinajstić information content (AvgIpc) is 2.11. The molecule has 0 fully saturated rings. The Morgan fingerprint density at radius 3 is 2.56 bits per heavy atom. The van der Waals surface area contributed by atoms with Crippen LogP contribution in [-0.2, 0) is 14.1 Å². The van der Waals surface area contributed by atoms with E-state index in [9.17, 15) is 14.2 Å². The highest BCUT2D eigenvalue weighted by Crippen LogP contribution is 2.35. The molecule has 16 heavy (non-hydrogen) atoms. The molecule has 0 aromatic carbocycles. The van der Waals surface area contributed by atoms with E-state index in [4.69, 9.17) is 10.00 Å². The monoisotopic (exact) mass is 251 g/mol. The summed E-state index contributed by atoms with van der Waals surface area (Å²) in [5, 5.41) is 10.7. The Balaban J connectivity index is 4.34. The fraction of sp³-hybridized carbons (Fsp3) is 0.500. The molecule has 2 atom stereocenters. The molecule has 0 saturated carbocycles. The first kappa shape index (κ1) is 14.7. The van der Waals surface area contributed by atoms with Gasteiger partial charge in [-0.3, -0.25) is 4.57 Å². The second-order valence-electron chi connectivity index (χ2n) is 3.16. The van der Waals surface area contributed by atoms with E-state index in [2.05, 4.69) is 11.3 Å². The molecule has 0 spiro atoms. The van der Waals surface area contributed by atoms with Gasteiger partial charge in [0.2, 0.25) is 0 Å². The number of hydrogen-bond donors (Lipinski definition) is 3. The number of ether oxygens (including phenoxy) is 1. The first-order valence-corrected chi connectivity index (χ1v) is 6.61. The molecule has 8 heteroatoms. The SMILES string of the molecule is C=CCOC(=O)NC(CP(C)(=O)O)C(=O)O. The normalized spacial score (nSPS) is 15.6. The van der Waals surface area contributed by atoms with Crippen molar-refractivity contribution in [2.24, 2.45) is 0 Å². The second-order valence-corrected chi connectivity index (χ2v) is 5.62. The minimum atomic E-state index is -3.53. The molecule has 0 radical (unpaired) electrons. The number of carboxylic acids is 1. The maximum absolute atomic E-state index is 11.0. The van der Waals surface area contributed by atoms with Crippen molar-refractivity contribution in [3.8, 4) is 0 Å². The molecule has 0 saturated heterocycles. The Morgan fingerprint density at radius 2 is 2.19 bits per heavy atom. The Bertz CT molecular complexity index is 322. The van der Waals surface area contributed by atoms with Gasteiger partial charge in [0, 0.05) is 6.66 Å². The van der Waals surface area contributed by atoms with Crippen LogP contribution in [0.2, 0.25) is 0 Å². The van der Waals surface area contributed by atoms with Crippen LogP contribution >= 0.6 is 7.37 Å². The Hall–Kier alpha value is -1.33. The summed E-state index contributed by atoms with van der Waals surface area (Å²) in [6, 6.07) is -1.45. The van der Waals surface area contributed by atoms with Crippen LogP contribution in [0, 0.1) is 0 Å². The number of alkyl carbamates (subject to hydrolysis) is 1. The molecule has 0 aromatic heterocycles. The number of aliphatic carboxylic acids is 1. The van der Waals surface area contributed by atoms with Gasteiger partial charge in [-0.2, -0.15) is 0 Å². The van der Waals surface area contributed by atoms with E-state index in [1.165, 1.54) is 6.08 Å². The zero-order chi connectivity index (χ0) is 12.8. The molecule has 0 aliphatic rings. The van der Waals surface area contributed by atoms with Crippen LogP contribution in [0.1, 0.15) is 0 Å². The standard InChI is InChI=1S/C8H14NO6P/c1-3-4-15-8(12)9-6(7(10)11)5-16(2,13)14/h3,6H,1,4-5H2,2H3,(H,9,12)(H,10,11)(H,13,14). The van der Waals surface area contributed by atoms with Crippen LogP contribution < -0.4 is 5.32 Å². The summed E-state index contributed by atoms with van der Waals surface area (Å²) in [6.45, 7) is 4.25. The molecule has 3 N–H and O–H groups in total. The van der Waals surface area contributed by atoms with E-state index >= 15 is 0 Å². The average molecular weight is 251 g/mol. The molecule has 1 amide bonds. The Morgan fingerprint density at radius 1 is 1.62 bits per heavy atom. The van der Waals surface area contributed by atoms with Crippen molar-refractivity contribution >= 4 is 19.4 Å². The van der Waals surface area contributed by atoms with Crippen molar-refractivity contribution < 1.29 is 28.9 Å². The lowest BCUT2D eigenvalue weighted by Gasteiger charge is -2.15. The fourth-order valence-corrected chi connectivity index (χ4v) is 1.77. The lowest BCUT2D eigenvalue weighted by Crippen LogP contribution is -2.43. The lowest BCUT2D eigenvalue weighted by atomic mass is 10.3. The highest BCUT2D eigenvalue weighted by molar-refractivity contribution is 7.57. The van der Waals surface area contributed by atoms with E-state index in [-0.39, 0.29) is 6.61 Å². The molecule has 0 aliphatic carbocycles. The van der Waals surface area contributed by atoms with Gasteiger partial charge in [0.25, 0.3) is 0 Å². The molecular weight excluding hydrogens is 237 g/mol. The van der Waals surface area contributed by atoms with Gasteiger partial charge in [-0.05, 0) is 0 Å². The quantitative estimate of drug-likeness (QED) is 0.460. The number of carboxylic acid groups (broad SMARTS) is 1. The Labute approximate surface area is 92.6 Å². The van der Waals surface area contributed by atoms with E-state index in [0.29, 0.717) is 0 Å². The summed E-state index contributed by atoms with van der Waals surface area (Å²) in [6.07, 6.45) is -0.210. The fourth-order valence-electron chi connectivity index (χ4n) is 0.843. The molecule has 0 rings (SSSR count). The minimum absolute atomic E-state index is 0.0684. The largest absolute Gasteiger partial charge is 0.480 e. The third kappa shape index (κ3) is 7.03. The zero-order valence-corrected chi connectivity index (χ0v) is 9.65. The number of hydrogen-bond acceptors (Lipinski definition) is 4. The van der Waals surface area contributed by atoms with Crippen LogP contribution in [0.5, 0.6) is 0 Å². The molecule has 0 aromatic rings. The van der Waals surface area contributed by atoms with Crippen molar-refractivity contribution in [1.82, 2.24) is 5.32 Å². The summed E-state index contributed by atoms with van der Waals surface area (Å²) in [5.41, 5.74) is 0. The lowest BCUT2D eigenvalue weighted by molar-refractivity contribution is -0.138. The van der Waals surface area contributed by atoms with Gasteiger partial charge in [-0.15, -0.1) is 0 Å². The first-order valence-electron chi connectivity index (χ1n) is 4.32. The van der Waals surface area contributed by atoms with Gasteiger partial charge >= 0.3 is 12.1 Å². The van der Waals surface area contributed by atoms with Crippen LogP contribution in [0.25, 0.3) is 0 Å². The maximum Gasteiger partial charge on any atom is 0.408 e. The van der Waals surface area contributed by atoms with Crippen LogP contribution in [0.3, 0.4) is 0 Å². The van der Waals surface area contributed by atoms with Gasteiger partial charge in [0.05, 0.1) is 6.16 Å². The molecule has 0 aliphatic heterocycles. The molecule has 0 heterocycles. The summed E-state index contributed by atoms with van der Waals surface area (Å²) in [5.74, 6) is -1.40. The highest BCUT2D eigenvalue weighted by Gasteiger charge is 2.27. The van der Waals surface area contributed by atoms with E-state index in [1.54, 1.807) is 0 Å². The number of nitrogens with one attached hydrogen (secondary N) is 1. The number of carbonyl (C=O) groups is 2. The van der Waals surface area contributed by atoms with Crippen molar-refractivity contribution in [1.29, 1.82) is 0 Å². The molecule has 92 valence electrons. The molecule has 0 bridgehead atoms. The predicted octanol–water partition coefficient (Wildman–Crippen LogP) is 0.252. The zero-order valence-electron chi connectivity index (χ0n) is 8.75. The number of carbonyl (C=O) groups excluding carboxylic acids is 1. The van der Waals surface area contributed by atoms with Crippen LogP contribution in [0.4, 0.5) is 4.79 Å². The Kier molecular flexibility index (Phi) is 5.77. The van der Waals surface area contributed by atoms with Gasteiger partial charge in [-0.25, -0.2) is 9.59 Å². The predicted molar refractivity (Wildman–Crippen MR) is 56.7 cm³/mol. The van der Waals surface area contributed by atoms with Crippen molar-refractivity contribution in [3.05, 3.63) is 12.7 Å². The first-order chi connectivity index (χ1) is 7.26. The highest BCUT2D eigenvalue weighted by atomic mass is 31.2. The summed E-state index contributed by atoms with van der Waals surface area (Å²) in [4.78, 5) is 30.7. The third-order valence-electron chi connectivity index (χ3n) is 1.44. The van der Waals surface area contributed by atoms with Crippen molar-refractivity contribution in [3.63, 3.8) is 0 Å². The molecule has 7 nitrogen and oxygen atoms in total. The topological polar surface area (TPSA) is 113 Å². The van der Waals surface area contributed by atoms with Crippen molar-refractivity contribution in [2.75, 3.05) is 19.4 Å². The van der Waals surface area contributed by atoms with Crippen LogP contribution in [0.15, 0.2) is 12.7 Å². The van der Waals surface area contributed by atoms with Crippen LogP contribution in [-0.4, -0.2) is 47.5 Å².